The van der Waals surface area contributed by atoms with Crippen LogP contribution < -0.4 is 16.0 Å². The van der Waals surface area contributed by atoms with Crippen LogP contribution in [-0.2, 0) is 6.18 Å². The van der Waals surface area contributed by atoms with Gasteiger partial charge in [-0.25, -0.2) is 4.98 Å². The van der Waals surface area contributed by atoms with Crippen LogP contribution >= 0.6 is 0 Å². The van der Waals surface area contributed by atoms with Crippen molar-refractivity contribution in [1.82, 2.24) is 15.2 Å². The van der Waals surface area contributed by atoms with Crippen LogP contribution in [0.1, 0.15) is 29.0 Å². The number of aromatic nitrogens is 3. The summed E-state index contributed by atoms with van der Waals surface area (Å²) >= 11 is 0. The van der Waals surface area contributed by atoms with Crippen LogP contribution in [0.15, 0.2) is 35.2 Å². The molecule has 1 aliphatic rings. The van der Waals surface area contributed by atoms with Gasteiger partial charge in [-0.05, 0) is 25.0 Å². The average Bonchev–Trinajstić information content (AvgIpc) is 3.39. The number of alkyl halides is 3. The van der Waals surface area contributed by atoms with Crippen LogP contribution in [0.25, 0.3) is 11.1 Å². The number of hydrogen-bond donors (Lipinski definition) is 4. The molecule has 0 saturated carbocycles. The molecule has 31 heavy (non-hydrogen) atoms. The van der Waals surface area contributed by atoms with Crippen LogP contribution in [-0.4, -0.2) is 45.4 Å². The van der Waals surface area contributed by atoms with Gasteiger partial charge in [-0.1, -0.05) is 0 Å². The van der Waals surface area contributed by atoms with Gasteiger partial charge in [0.1, 0.15) is 5.82 Å². The SMILES string of the molecule is Nc1[nH]ncc1-c1c(C(F)(F)F)cnc(N2CCC(O)CC2)c1NC(=O)c1ccco1. The topological polar surface area (TPSA) is 133 Å². The molecule has 1 saturated heterocycles. The summed E-state index contributed by atoms with van der Waals surface area (Å²) in [7, 11) is 0. The number of H-pyrrole nitrogens is 1. The molecule has 0 radical (unpaired) electrons. The van der Waals surface area contributed by atoms with E-state index in [1.807, 2.05) is 0 Å². The van der Waals surface area contributed by atoms with Gasteiger partial charge in [0, 0.05) is 30.4 Å². The van der Waals surface area contributed by atoms with Gasteiger partial charge in [0.2, 0.25) is 0 Å². The molecule has 1 amide bonds. The summed E-state index contributed by atoms with van der Waals surface area (Å²) in [5.41, 5.74) is 4.23. The van der Waals surface area contributed by atoms with Crippen LogP contribution in [0.5, 0.6) is 0 Å². The maximum Gasteiger partial charge on any atom is 0.418 e. The number of hydrogen-bond acceptors (Lipinski definition) is 7. The van der Waals surface area contributed by atoms with Crippen molar-refractivity contribution >= 4 is 23.2 Å². The summed E-state index contributed by atoms with van der Waals surface area (Å²) in [6.45, 7) is 0.701. The zero-order chi connectivity index (χ0) is 22.2. The molecule has 1 aliphatic heterocycles. The molecule has 0 atom stereocenters. The van der Waals surface area contributed by atoms with E-state index in [2.05, 4.69) is 20.5 Å². The number of furan rings is 1. The van der Waals surface area contributed by atoms with E-state index in [9.17, 15) is 23.1 Å². The normalized spacial score (nSPS) is 15.3. The highest BCUT2D eigenvalue weighted by Crippen LogP contribution is 2.46. The Hall–Kier alpha value is -3.54. The Morgan fingerprint density at radius 1 is 1.32 bits per heavy atom. The second kappa shape index (κ2) is 7.95. The van der Waals surface area contributed by atoms with Gasteiger partial charge in [-0.3, -0.25) is 9.89 Å². The number of rotatable bonds is 4. The lowest BCUT2D eigenvalue weighted by Crippen LogP contribution is -2.37. The van der Waals surface area contributed by atoms with E-state index in [-0.39, 0.29) is 34.2 Å². The zero-order valence-corrected chi connectivity index (χ0v) is 16.1. The molecule has 3 aromatic rings. The largest absolute Gasteiger partial charge is 0.459 e. The van der Waals surface area contributed by atoms with E-state index in [1.54, 1.807) is 4.90 Å². The molecule has 0 unspecified atom stereocenters. The lowest BCUT2D eigenvalue weighted by molar-refractivity contribution is -0.137. The standard InChI is InChI=1S/C19H19F3N6O3/c20-19(21,22)12-9-24-17(28-5-3-10(29)4-6-28)15(14(12)11-8-25-27-16(11)23)26-18(30)13-2-1-7-31-13/h1-2,7-10,29H,3-6H2,(H,26,30)(H3,23,25,27). The lowest BCUT2D eigenvalue weighted by atomic mass is 9.99. The van der Waals surface area contributed by atoms with Crippen molar-refractivity contribution in [2.75, 3.05) is 29.0 Å². The number of aromatic amines is 1. The number of piperidine rings is 1. The number of aliphatic hydroxyl groups is 1. The summed E-state index contributed by atoms with van der Waals surface area (Å²) in [6, 6.07) is 2.88. The average molecular weight is 436 g/mol. The molecule has 4 rings (SSSR count). The molecule has 9 nitrogen and oxygen atoms in total. The number of aliphatic hydroxyl groups excluding tert-OH is 1. The van der Waals surface area contributed by atoms with Gasteiger partial charge in [0.25, 0.3) is 5.91 Å². The first kappa shape index (κ1) is 20.7. The number of anilines is 3. The van der Waals surface area contributed by atoms with Gasteiger partial charge in [0.05, 0.1) is 29.8 Å². The number of carbonyl (C=O) groups is 1. The quantitative estimate of drug-likeness (QED) is 0.494. The van der Waals surface area contributed by atoms with Gasteiger partial charge in [0.15, 0.2) is 11.6 Å². The van der Waals surface area contributed by atoms with Crippen molar-refractivity contribution in [2.45, 2.75) is 25.1 Å². The fraction of sp³-hybridized carbons (Fsp3) is 0.316. The molecular weight excluding hydrogens is 417 g/mol. The molecular formula is C19H19F3N6O3. The molecule has 12 heteroatoms. The summed E-state index contributed by atoms with van der Waals surface area (Å²) in [5, 5.41) is 18.5. The van der Waals surface area contributed by atoms with E-state index in [4.69, 9.17) is 10.2 Å². The number of halogens is 3. The van der Waals surface area contributed by atoms with E-state index >= 15 is 0 Å². The van der Waals surface area contributed by atoms with Crippen molar-refractivity contribution < 1.29 is 27.5 Å². The lowest BCUT2D eigenvalue weighted by Gasteiger charge is -2.33. The number of nitrogens with zero attached hydrogens (tertiary/aromatic N) is 3. The number of nitrogen functional groups attached to an aromatic ring is 1. The Kier molecular flexibility index (Phi) is 5.31. The highest BCUT2D eigenvalue weighted by atomic mass is 19.4. The Labute approximate surface area is 174 Å². The monoisotopic (exact) mass is 436 g/mol. The van der Waals surface area contributed by atoms with Crippen molar-refractivity contribution in [1.29, 1.82) is 0 Å². The third kappa shape index (κ3) is 4.06. The predicted molar refractivity (Wildman–Crippen MR) is 105 cm³/mol. The van der Waals surface area contributed by atoms with E-state index < -0.39 is 23.8 Å². The third-order valence-electron chi connectivity index (χ3n) is 5.05. The van der Waals surface area contributed by atoms with E-state index in [0.29, 0.717) is 32.1 Å². The molecule has 5 N–H and O–H groups in total. The van der Waals surface area contributed by atoms with Gasteiger partial charge in [-0.15, -0.1) is 0 Å². The number of pyridine rings is 1. The van der Waals surface area contributed by atoms with E-state index in [0.717, 1.165) is 6.20 Å². The molecule has 0 bridgehead atoms. The third-order valence-corrected chi connectivity index (χ3v) is 5.05. The molecule has 4 heterocycles. The van der Waals surface area contributed by atoms with E-state index in [1.165, 1.54) is 18.4 Å². The molecule has 164 valence electrons. The predicted octanol–water partition coefficient (Wildman–Crippen LogP) is 2.88. The second-order valence-corrected chi connectivity index (χ2v) is 7.09. The Morgan fingerprint density at radius 2 is 2.06 bits per heavy atom. The minimum atomic E-state index is -4.77. The summed E-state index contributed by atoms with van der Waals surface area (Å²) in [6.07, 6.45) is -1.30. The fourth-order valence-corrected chi connectivity index (χ4v) is 3.51. The van der Waals surface area contributed by atoms with Gasteiger partial charge < -0.3 is 25.5 Å². The van der Waals surface area contributed by atoms with Crippen LogP contribution in [0.4, 0.5) is 30.5 Å². The second-order valence-electron chi connectivity index (χ2n) is 7.09. The maximum atomic E-state index is 13.9. The molecule has 0 aliphatic carbocycles. The van der Waals surface area contributed by atoms with Gasteiger partial charge >= 0.3 is 6.18 Å². The first-order valence-corrected chi connectivity index (χ1v) is 9.43. The van der Waals surface area contributed by atoms with Crippen molar-refractivity contribution in [3.8, 4) is 11.1 Å². The van der Waals surface area contributed by atoms with Crippen molar-refractivity contribution in [2.24, 2.45) is 0 Å². The molecule has 0 spiro atoms. The molecule has 1 fully saturated rings. The summed E-state index contributed by atoms with van der Waals surface area (Å²) < 4.78 is 46.8. The van der Waals surface area contributed by atoms with Crippen LogP contribution in [0.3, 0.4) is 0 Å². The molecule has 0 aromatic carbocycles. The number of carbonyl (C=O) groups excluding carboxylic acids is 1. The Balaban J connectivity index is 1.91. The first-order valence-electron chi connectivity index (χ1n) is 9.43. The Morgan fingerprint density at radius 3 is 2.65 bits per heavy atom. The smallest absolute Gasteiger partial charge is 0.418 e. The summed E-state index contributed by atoms with van der Waals surface area (Å²) in [5.74, 6) is -0.781. The zero-order valence-electron chi connectivity index (χ0n) is 16.1. The minimum absolute atomic E-state index is 0.0252. The fourth-order valence-electron chi connectivity index (χ4n) is 3.51. The van der Waals surface area contributed by atoms with Crippen LogP contribution in [0, 0.1) is 0 Å². The number of nitrogens with one attached hydrogen (secondary N) is 2. The van der Waals surface area contributed by atoms with Crippen molar-refractivity contribution in [3.63, 3.8) is 0 Å². The first-order chi connectivity index (χ1) is 14.8. The number of amides is 1. The maximum absolute atomic E-state index is 13.9. The molecule has 3 aromatic heterocycles. The summed E-state index contributed by atoms with van der Waals surface area (Å²) in [4.78, 5) is 18.5. The minimum Gasteiger partial charge on any atom is -0.459 e. The van der Waals surface area contributed by atoms with Crippen molar-refractivity contribution in [3.05, 3.63) is 42.1 Å². The number of nitrogens with two attached hydrogens (primary N) is 1. The Bertz CT molecular complexity index is 1070. The highest BCUT2D eigenvalue weighted by molar-refractivity contribution is 6.07. The highest BCUT2D eigenvalue weighted by Gasteiger charge is 2.38. The van der Waals surface area contributed by atoms with Gasteiger partial charge in [-0.2, -0.15) is 18.3 Å². The van der Waals surface area contributed by atoms with Crippen LogP contribution in [0.2, 0.25) is 0 Å².